The van der Waals surface area contributed by atoms with E-state index in [1.807, 2.05) is 0 Å². The van der Waals surface area contributed by atoms with Gasteiger partial charge < -0.3 is 39.4 Å². The summed E-state index contributed by atoms with van der Waals surface area (Å²) in [6.45, 7) is 4.43. The summed E-state index contributed by atoms with van der Waals surface area (Å²) in [6.07, 6.45) is 41.4. The van der Waals surface area contributed by atoms with Crippen LogP contribution in [0.3, 0.4) is 0 Å². The zero-order chi connectivity index (χ0) is 41.4. The van der Waals surface area contributed by atoms with Crippen molar-refractivity contribution in [2.45, 2.75) is 224 Å². The molecule has 0 aromatic carbocycles. The van der Waals surface area contributed by atoms with Crippen LogP contribution in [0.25, 0.3) is 0 Å². The van der Waals surface area contributed by atoms with E-state index in [0.29, 0.717) is 13.0 Å². The van der Waals surface area contributed by atoms with Crippen LogP contribution in [0.1, 0.15) is 187 Å². The molecule has 9 heteroatoms. The number of rotatable bonds is 39. The van der Waals surface area contributed by atoms with Crippen molar-refractivity contribution < 1.29 is 44.2 Å². The molecular formula is C48H86O9. The van der Waals surface area contributed by atoms with Crippen molar-refractivity contribution in [1.82, 2.24) is 0 Å². The molecule has 0 aromatic heterocycles. The minimum atomic E-state index is -1.54. The molecule has 1 fully saturated rings. The lowest BCUT2D eigenvalue weighted by molar-refractivity contribution is -0.305. The number of carbonyl (C=O) groups excluding carboxylic acids is 1. The van der Waals surface area contributed by atoms with E-state index in [1.54, 1.807) is 0 Å². The Hall–Kier alpha value is -1.85. The van der Waals surface area contributed by atoms with Crippen LogP contribution in [0.15, 0.2) is 48.6 Å². The summed E-state index contributed by atoms with van der Waals surface area (Å²) in [5.74, 6) is -0.317. The summed E-state index contributed by atoms with van der Waals surface area (Å²) in [7, 11) is 0. The van der Waals surface area contributed by atoms with Gasteiger partial charge in [0.15, 0.2) is 6.29 Å². The topological polar surface area (TPSA) is 135 Å². The van der Waals surface area contributed by atoms with Crippen molar-refractivity contribution in [1.29, 1.82) is 0 Å². The molecule has 6 atom stereocenters. The first kappa shape index (κ1) is 53.2. The highest BCUT2D eigenvalue weighted by Gasteiger charge is 2.44. The molecule has 0 saturated carbocycles. The van der Waals surface area contributed by atoms with E-state index < -0.39 is 43.4 Å². The number of aliphatic hydroxyl groups excluding tert-OH is 4. The predicted octanol–water partition coefficient (Wildman–Crippen LogP) is 10.5. The standard InChI is InChI=1S/C48H86O9/c1-3-5-7-9-11-13-15-17-18-19-20-21-22-23-24-25-26-28-30-32-34-36-38-54-40-42(41-55-48-47(53)46(52)45(51)43(39-49)57-48)56-44(50)37-35-33-31-29-27-16-14-12-10-8-6-4-2/h5,7,11,13,17-18,20-21,42-43,45-49,51-53H,3-4,6,8-10,12,14-16,19,22-41H2,1-2H3/b7-5-,13-11-,18-17-,21-20-. The van der Waals surface area contributed by atoms with Crippen LogP contribution in [-0.2, 0) is 23.7 Å². The second-order valence-corrected chi connectivity index (χ2v) is 15.8. The number of allylic oxidation sites excluding steroid dienone is 8. The maximum Gasteiger partial charge on any atom is 0.306 e. The van der Waals surface area contributed by atoms with Crippen molar-refractivity contribution in [2.24, 2.45) is 0 Å². The van der Waals surface area contributed by atoms with E-state index in [0.717, 1.165) is 64.2 Å². The molecule has 1 rings (SSSR count). The van der Waals surface area contributed by atoms with Crippen LogP contribution in [0, 0.1) is 0 Å². The van der Waals surface area contributed by atoms with E-state index >= 15 is 0 Å². The zero-order valence-corrected chi connectivity index (χ0v) is 36.3. The quantitative estimate of drug-likeness (QED) is 0.0272. The van der Waals surface area contributed by atoms with Crippen molar-refractivity contribution in [3.05, 3.63) is 48.6 Å². The molecule has 9 nitrogen and oxygen atoms in total. The summed E-state index contributed by atoms with van der Waals surface area (Å²) in [6, 6.07) is 0. The number of hydrogen-bond acceptors (Lipinski definition) is 9. The van der Waals surface area contributed by atoms with Crippen LogP contribution < -0.4 is 0 Å². The number of ether oxygens (including phenoxy) is 4. The van der Waals surface area contributed by atoms with Gasteiger partial charge in [0.25, 0.3) is 0 Å². The molecule has 0 spiro atoms. The first-order valence-electron chi connectivity index (χ1n) is 23.2. The highest BCUT2D eigenvalue weighted by Crippen LogP contribution is 2.22. The van der Waals surface area contributed by atoms with Crippen molar-refractivity contribution >= 4 is 5.97 Å². The van der Waals surface area contributed by atoms with E-state index in [2.05, 4.69) is 62.5 Å². The number of hydrogen-bond donors (Lipinski definition) is 4. The Balaban J connectivity index is 2.22. The molecule has 0 radical (unpaired) electrons. The Bertz CT molecular complexity index is 1010. The highest BCUT2D eigenvalue weighted by atomic mass is 16.7. The van der Waals surface area contributed by atoms with Gasteiger partial charge in [-0.3, -0.25) is 4.79 Å². The maximum absolute atomic E-state index is 12.8. The predicted molar refractivity (Wildman–Crippen MR) is 233 cm³/mol. The molecule has 1 aliphatic heterocycles. The lowest BCUT2D eigenvalue weighted by Gasteiger charge is -2.39. The molecular weight excluding hydrogens is 721 g/mol. The van der Waals surface area contributed by atoms with Crippen molar-refractivity contribution in [3.8, 4) is 0 Å². The third kappa shape index (κ3) is 30.8. The summed E-state index contributed by atoms with van der Waals surface area (Å²) < 4.78 is 22.8. The smallest absolute Gasteiger partial charge is 0.306 e. The van der Waals surface area contributed by atoms with Gasteiger partial charge >= 0.3 is 5.97 Å². The van der Waals surface area contributed by atoms with Gasteiger partial charge in [0.1, 0.15) is 30.5 Å². The van der Waals surface area contributed by atoms with Crippen molar-refractivity contribution in [3.63, 3.8) is 0 Å². The largest absolute Gasteiger partial charge is 0.457 e. The Morgan fingerprint density at radius 2 is 1.07 bits per heavy atom. The van der Waals surface area contributed by atoms with Gasteiger partial charge in [-0.2, -0.15) is 0 Å². The second-order valence-electron chi connectivity index (χ2n) is 15.8. The molecule has 0 aromatic rings. The van der Waals surface area contributed by atoms with E-state index in [4.69, 9.17) is 18.9 Å². The molecule has 6 unspecified atom stereocenters. The fourth-order valence-electron chi connectivity index (χ4n) is 6.89. The highest BCUT2D eigenvalue weighted by molar-refractivity contribution is 5.69. The molecule has 0 amide bonds. The number of esters is 1. The van der Waals surface area contributed by atoms with Gasteiger partial charge in [0.2, 0.25) is 0 Å². The first-order valence-corrected chi connectivity index (χ1v) is 23.2. The SMILES string of the molecule is CC/C=C\C/C=C\C/C=C\C/C=C\CCCCCCCCCCCOCC(COC1OC(CO)C(O)C(O)C1O)OC(=O)CCCCCCCCCCCCCC. The summed E-state index contributed by atoms with van der Waals surface area (Å²) >= 11 is 0. The van der Waals surface area contributed by atoms with Crippen LogP contribution in [0.5, 0.6) is 0 Å². The van der Waals surface area contributed by atoms with Gasteiger partial charge in [-0.15, -0.1) is 0 Å². The van der Waals surface area contributed by atoms with E-state index in [-0.39, 0.29) is 19.2 Å². The van der Waals surface area contributed by atoms with E-state index in [9.17, 15) is 25.2 Å². The fraction of sp³-hybridized carbons (Fsp3) is 0.812. The average Bonchev–Trinajstić information content (AvgIpc) is 3.21. The van der Waals surface area contributed by atoms with Gasteiger partial charge in [0, 0.05) is 13.0 Å². The Morgan fingerprint density at radius 3 is 1.61 bits per heavy atom. The third-order valence-corrected chi connectivity index (χ3v) is 10.5. The summed E-state index contributed by atoms with van der Waals surface area (Å²) in [4.78, 5) is 12.8. The molecule has 332 valence electrons. The zero-order valence-electron chi connectivity index (χ0n) is 36.3. The molecule has 1 heterocycles. The lowest BCUT2D eigenvalue weighted by atomic mass is 9.99. The second kappa shape index (κ2) is 39.6. The van der Waals surface area contributed by atoms with Gasteiger partial charge in [0.05, 0.1) is 19.8 Å². The molecule has 1 saturated heterocycles. The van der Waals surface area contributed by atoms with Crippen LogP contribution >= 0.6 is 0 Å². The van der Waals surface area contributed by atoms with Gasteiger partial charge in [-0.1, -0.05) is 178 Å². The molecule has 4 N–H and O–H groups in total. The summed E-state index contributed by atoms with van der Waals surface area (Å²) in [5.41, 5.74) is 0. The van der Waals surface area contributed by atoms with E-state index in [1.165, 1.54) is 103 Å². The number of unbranched alkanes of at least 4 members (excludes halogenated alkanes) is 20. The van der Waals surface area contributed by atoms with Gasteiger partial charge in [-0.05, 0) is 51.4 Å². The van der Waals surface area contributed by atoms with Crippen LogP contribution in [0.2, 0.25) is 0 Å². The number of aliphatic hydroxyl groups is 4. The monoisotopic (exact) mass is 807 g/mol. The Labute approximate surface area is 348 Å². The summed E-state index contributed by atoms with van der Waals surface area (Å²) in [5, 5.41) is 40.1. The van der Waals surface area contributed by atoms with Gasteiger partial charge in [-0.25, -0.2) is 0 Å². The molecule has 57 heavy (non-hydrogen) atoms. The van der Waals surface area contributed by atoms with Crippen LogP contribution in [-0.4, -0.2) is 89.6 Å². The normalized spacial score (nSPS) is 20.8. The number of carbonyl (C=O) groups is 1. The van der Waals surface area contributed by atoms with Crippen molar-refractivity contribution in [2.75, 3.05) is 26.4 Å². The minimum absolute atomic E-state index is 0.115. The lowest BCUT2D eigenvalue weighted by Crippen LogP contribution is -2.59. The Kier molecular flexibility index (Phi) is 36.9. The molecule has 0 bridgehead atoms. The minimum Gasteiger partial charge on any atom is -0.457 e. The van der Waals surface area contributed by atoms with Crippen LogP contribution in [0.4, 0.5) is 0 Å². The fourth-order valence-corrected chi connectivity index (χ4v) is 6.89. The first-order chi connectivity index (χ1) is 27.9. The average molecular weight is 807 g/mol. The Morgan fingerprint density at radius 1 is 0.579 bits per heavy atom. The third-order valence-electron chi connectivity index (χ3n) is 10.5. The molecule has 0 aliphatic carbocycles. The molecule has 1 aliphatic rings. The maximum atomic E-state index is 12.8.